The lowest BCUT2D eigenvalue weighted by Gasteiger charge is -2.44. The van der Waals surface area contributed by atoms with Crippen molar-refractivity contribution < 1.29 is 19.1 Å². The molecule has 0 aromatic rings. The number of piperidine rings is 3. The summed E-state index contributed by atoms with van der Waals surface area (Å²) in [6.07, 6.45) is 7.59. The zero-order chi connectivity index (χ0) is 16.9. The number of carbonyl (C=O) groups is 3. The van der Waals surface area contributed by atoms with Crippen molar-refractivity contribution in [3.8, 4) is 0 Å². The highest BCUT2D eigenvalue weighted by Crippen LogP contribution is 2.31. The maximum absolute atomic E-state index is 12.0. The third-order valence-corrected chi connectivity index (χ3v) is 5.61. The number of hydrogen-bond donors (Lipinski definition) is 0. The summed E-state index contributed by atoms with van der Waals surface area (Å²) in [4.78, 5) is 39.2. The van der Waals surface area contributed by atoms with Gasteiger partial charge in [0.05, 0.1) is 13.0 Å². The average molecular weight is 336 g/mol. The molecular formula is C18H28N2O4. The molecule has 2 amide bonds. The number of amides is 2. The zero-order valence-electron chi connectivity index (χ0n) is 14.4. The number of rotatable bonds is 5. The van der Waals surface area contributed by atoms with E-state index in [9.17, 15) is 14.4 Å². The molecule has 0 aromatic carbocycles. The van der Waals surface area contributed by atoms with E-state index in [0.29, 0.717) is 37.8 Å². The van der Waals surface area contributed by atoms with E-state index >= 15 is 0 Å². The highest BCUT2D eigenvalue weighted by Gasteiger charge is 2.33. The van der Waals surface area contributed by atoms with Gasteiger partial charge in [-0.2, -0.15) is 0 Å². The van der Waals surface area contributed by atoms with E-state index in [1.807, 2.05) is 0 Å². The van der Waals surface area contributed by atoms with Gasteiger partial charge in [0.15, 0.2) is 0 Å². The van der Waals surface area contributed by atoms with E-state index in [4.69, 9.17) is 4.74 Å². The molecule has 6 nitrogen and oxygen atoms in total. The van der Waals surface area contributed by atoms with Crippen molar-refractivity contribution in [2.24, 2.45) is 5.92 Å². The number of nitrogens with zero attached hydrogens (tertiary/aromatic N) is 2. The molecule has 0 radical (unpaired) electrons. The van der Waals surface area contributed by atoms with Gasteiger partial charge in [-0.05, 0) is 45.2 Å². The molecule has 0 spiro atoms. The van der Waals surface area contributed by atoms with E-state index in [0.717, 1.165) is 6.42 Å². The van der Waals surface area contributed by atoms with Crippen molar-refractivity contribution in [2.75, 3.05) is 26.2 Å². The van der Waals surface area contributed by atoms with Gasteiger partial charge in [0.25, 0.3) is 0 Å². The van der Waals surface area contributed by atoms with Gasteiger partial charge in [0.2, 0.25) is 11.8 Å². The molecule has 6 heteroatoms. The van der Waals surface area contributed by atoms with Crippen molar-refractivity contribution in [2.45, 2.75) is 63.8 Å². The molecule has 0 unspecified atom stereocenters. The summed E-state index contributed by atoms with van der Waals surface area (Å²) >= 11 is 0. The van der Waals surface area contributed by atoms with E-state index in [2.05, 4.69) is 4.90 Å². The quantitative estimate of drug-likeness (QED) is 0.565. The Morgan fingerprint density at radius 3 is 2.54 bits per heavy atom. The van der Waals surface area contributed by atoms with Crippen molar-refractivity contribution in [1.29, 1.82) is 0 Å². The molecule has 0 saturated carbocycles. The van der Waals surface area contributed by atoms with E-state index < -0.39 is 0 Å². The number of imide groups is 1. The lowest BCUT2D eigenvalue weighted by molar-refractivity contribution is -0.151. The van der Waals surface area contributed by atoms with Crippen LogP contribution >= 0.6 is 0 Å². The molecule has 0 bridgehead atoms. The molecule has 0 N–H and O–H groups in total. The van der Waals surface area contributed by atoms with Gasteiger partial charge in [0, 0.05) is 31.3 Å². The molecule has 3 fully saturated rings. The third-order valence-electron chi connectivity index (χ3n) is 5.61. The maximum Gasteiger partial charge on any atom is 0.307 e. The monoisotopic (exact) mass is 336 g/mol. The van der Waals surface area contributed by atoms with Crippen LogP contribution in [-0.2, 0) is 19.1 Å². The third kappa shape index (κ3) is 4.15. The Hall–Kier alpha value is -1.43. The summed E-state index contributed by atoms with van der Waals surface area (Å²) in [7, 11) is 0. The van der Waals surface area contributed by atoms with Gasteiger partial charge in [-0.3, -0.25) is 24.2 Å². The Balaban J connectivity index is 1.42. The Kier molecular flexibility index (Phi) is 5.87. The van der Waals surface area contributed by atoms with Crippen LogP contribution in [0.25, 0.3) is 0 Å². The van der Waals surface area contributed by atoms with Gasteiger partial charge in [-0.25, -0.2) is 0 Å². The second-order valence-electron chi connectivity index (χ2n) is 7.23. The fourth-order valence-corrected chi connectivity index (χ4v) is 4.30. The summed E-state index contributed by atoms with van der Waals surface area (Å²) in [5.41, 5.74) is 0. The largest absolute Gasteiger partial charge is 0.465 e. The van der Waals surface area contributed by atoms with Crippen LogP contribution in [0.1, 0.15) is 57.8 Å². The number of fused-ring (bicyclic) bond motifs is 1. The molecule has 3 heterocycles. The van der Waals surface area contributed by atoms with Gasteiger partial charge >= 0.3 is 5.97 Å². The number of likely N-dealkylation sites (tertiary alicyclic amines) is 1. The van der Waals surface area contributed by atoms with Gasteiger partial charge in [-0.1, -0.05) is 6.42 Å². The lowest BCUT2D eigenvalue weighted by atomic mass is 9.84. The van der Waals surface area contributed by atoms with Gasteiger partial charge in [0.1, 0.15) is 0 Å². The van der Waals surface area contributed by atoms with Crippen molar-refractivity contribution in [1.82, 2.24) is 9.80 Å². The minimum absolute atomic E-state index is 0.110. The predicted octanol–water partition coefficient (Wildman–Crippen LogP) is 1.72. The number of carbonyl (C=O) groups excluding carboxylic acids is 3. The molecule has 3 aliphatic heterocycles. The van der Waals surface area contributed by atoms with Crippen LogP contribution in [0.3, 0.4) is 0 Å². The van der Waals surface area contributed by atoms with E-state index in [1.165, 1.54) is 43.7 Å². The Labute approximate surface area is 143 Å². The first-order chi connectivity index (χ1) is 11.6. The molecule has 134 valence electrons. The highest BCUT2D eigenvalue weighted by molar-refractivity contribution is 5.97. The Bertz CT molecular complexity index is 475. The minimum Gasteiger partial charge on any atom is -0.465 e. The van der Waals surface area contributed by atoms with Crippen molar-refractivity contribution in [3.05, 3.63) is 0 Å². The first kappa shape index (κ1) is 17.4. The fourth-order valence-electron chi connectivity index (χ4n) is 4.30. The standard InChI is InChI=1S/C18H28N2O4/c21-16-7-3-8-17(22)20(16)12-9-18(23)24-13-14-5-4-11-19-10-2-1-6-15(14)19/h14-15H,1-13H2/t14-,15-/m0/s1. The Morgan fingerprint density at radius 2 is 1.75 bits per heavy atom. The second kappa shape index (κ2) is 8.10. The van der Waals surface area contributed by atoms with Crippen LogP contribution in [0.4, 0.5) is 0 Å². The van der Waals surface area contributed by atoms with E-state index in [1.54, 1.807) is 0 Å². The van der Waals surface area contributed by atoms with Crippen LogP contribution in [-0.4, -0.2) is 59.9 Å². The molecule has 3 rings (SSSR count). The smallest absolute Gasteiger partial charge is 0.307 e. The Morgan fingerprint density at radius 1 is 1.00 bits per heavy atom. The second-order valence-corrected chi connectivity index (χ2v) is 7.23. The molecular weight excluding hydrogens is 308 g/mol. The fraction of sp³-hybridized carbons (Fsp3) is 0.833. The molecule has 3 saturated heterocycles. The van der Waals surface area contributed by atoms with E-state index in [-0.39, 0.29) is 30.7 Å². The van der Waals surface area contributed by atoms with Crippen LogP contribution < -0.4 is 0 Å². The summed E-state index contributed by atoms with van der Waals surface area (Å²) in [5, 5.41) is 0. The average Bonchev–Trinajstić information content (AvgIpc) is 2.59. The predicted molar refractivity (Wildman–Crippen MR) is 88.1 cm³/mol. The first-order valence-electron chi connectivity index (χ1n) is 9.38. The number of hydrogen-bond acceptors (Lipinski definition) is 5. The maximum atomic E-state index is 12.0. The SMILES string of the molecule is O=C(CCN1C(=O)CCCC1=O)OC[C@@H]1CCCN2CCCC[C@@H]12. The summed E-state index contributed by atoms with van der Waals surface area (Å²) < 4.78 is 5.48. The molecule has 3 aliphatic rings. The summed E-state index contributed by atoms with van der Waals surface area (Å²) in [5.74, 6) is -0.191. The minimum atomic E-state index is -0.297. The van der Waals surface area contributed by atoms with Crippen LogP contribution in [0, 0.1) is 5.92 Å². The molecule has 0 aliphatic carbocycles. The van der Waals surface area contributed by atoms with Gasteiger partial charge < -0.3 is 4.74 Å². The number of esters is 1. The lowest BCUT2D eigenvalue weighted by Crippen LogP contribution is -2.49. The van der Waals surface area contributed by atoms with Crippen LogP contribution in [0.5, 0.6) is 0 Å². The van der Waals surface area contributed by atoms with Crippen molar-refractivity contribution >= 4 is 17.8 Å². The molecule has 2 atom stereocenters. The van der Waals surface area contributed by atoms with Gasteiger partial charge in [-0.15, -0.1) is 0 Å². The summed E-state index contributed by atoms with van der Waals surface area (Å²) in [6.45, 7) is 2.99. The molecule has 0 aromatic heterocycles. The number of ether oxygens (including phenoxy) is 1. The van der Waals surface area contributed by atoms with Crippen LogP contribution in [0.2, 0.25) is 0 Å². The highest BCUT2D eigenvalue weighted by atomic mass is 16.5. The summed E-state index contributed by atoms with van der Waals surface area (Å²) in [6, 6.07) is 0.561. The zero-order valence-corrected chi connectivity index (χ0v) is 14.4. The van der Waals surface area contributed by atoms with Crippen LogP contribution in [0.15, 0.2) is 0 Å². The normalized spacial score (nSPS) is 28.6. The van der Waals surface area contributed by atoms with Crippen molar-refractivity contribution in [3.63, 3.8) is 0 Å². The first-order valence-corrected chi connectivity index (χ1v) is 9.38. The molecule has 24 heavy (non-hydrogen) atoms. The topological polar surface area (TPSA) is 66.9 Å².